The first kappa shape index (κ1) is 20.4. The monoisotopic (exact) mass is 448 g/mol. The fourth-order valence-electron chi connectivity index (χ4n) is 3.52. The third-order valence-electron chi connectivity index (χ3n) is 5.55. The van der Waals surface area contributed by atoms with Crippen LogP contribution in [0.5, 0.6) is 5.75 Å². The van der Waals surface area contributed by atoms with E-state index in [9.17, 15) is 13.4 Å². The van der Waals surface area contributed by atoms with Crippen LogP contribution < -0.4 is 9.46 Å². The zero-order chi connectivity index (χ0) is 19.9. The van der Waals surface area contributed by atoms with Crippen LogP contribution in [-0.4, -0.2) is 37.9 Å². The van der Waals surface area contributed by atoms with Gasteiger partial charge in [0.1, 0.15) is 15.9 Å². The van der Waals surface area contributed by atoms with Crippen molar-refractivity contribution in [2.45, 2.75) is 61.3 Å². The Balaban J connectivity index is 1.50. The number of hydrogen-bond acceptors (Lipinski definition) is 3. The van der Waals surface area contributed by atoms with Crippen molar-refractivity contribution < 1.29 is 18.1 Å². The molecule has 1 aromatic rings. The van der Waals surface area contributed by atoms with Gasteiger partial charge < -0.3 is 4.74 Å². The molecule has 1 N–H and O–H groups in total. The molecule has 3 aliphatic rings. The third-order valence-corrected chi connectivity index (χ3v) is 7.50. The molecule has 0 spiro atoms. The highest BCUT2D eigenvalue weighted by Crippen LogP contribution is 2.46. The van der Waals surface area contributed by atoms with Crippen molar-refractivity contribution in [2.75, 3.05) is 13.1 Å². The van der Waals surface area contributed by atoms with Crippen LogP contribution in [0.1, 0.15) is 66.8 Å². The van der Waals surface area contributed by atoms with Gasteiger partial charge in [0, 0.05) is 19.2 Å². The van der Waals surface area contributed by atoms with Crippen LogP contribution in [0.3, 0.4) is 0 Å². The molecule has 5 nitrogen and oxygen atoms in total. The predicted octanol–water partition coefficient (Wildman–Crippen LogP) is 4.21. The Kier molecular flexibility index (Phi) is 5.89. The lowest BCUT2D eigenvalue weighted by Gasteiger charge is -2.31. The highest BCUT2D eigenvalue weighted by Gasteiger charge is 2.34. The second-order valence-corrected chi connectivity index (χ2v) is 10.6. The van der Waals surface area contributed by atoms with Crippen LogP contribution in [0.25, 0.3) is 0 Å². The second kappa shape index (κ2) is 8.09. The third kappa shape index (κ3) is 4.64. The standard InChI is InChI=1S/C19H23Cl2FN2O3S/c20-19(21)6-4-13(5-7-19)27-17-11-16(22)15(10-14(17)12-2-3-12)18(25)23-28(26)24-8-1-9-24/h10-13H,1-9H2,(H,23,25). The molecule has 1 heterocycles. The number of nitrogens with one attached hydrogen (secondary N) is 1. The number of amides is 1. The molecule has 1 unspecified atom stereocenters. The van der Waals surface area contributed by atoms with Gasteiger partial charge in [0.2, 0.25) is 0 Å². The van der Waals surface area contributed by atoms with E-state index in [0.29, 0.717) is 44.5 Å². The van der Waals surface area contributed by atoms with E-state index in [0.717, 1.165) is 24.8 Å². The summed E-state index contributed by atoms with van der Waals surface area (Å²) in [6.07, 6.45) is 5.52. The molecule has 154 valence electrons. The van der Waals surface area contributed by atoms with Crippen molar-refractivity contribution in [2.24, 2.45) is 0 Å². The summed E-state index contributed by atoms with van der Waals surface area (Å²) in [6.45, 7) is 1.34. The lowest BCUT2D eigenvalue weighted by Crippen LogP contribution is -2.45. The average molecular weight is 449 g/mol. The van der Waals surface area contributed by atoms with Gasteiger partial charge >= 0.3 is 0 Å². The first-order valence-electron chi connectivity index (χ1n) is 9.68. The Bertz CT molecular complexity index is 790. The number of hydrogen-bond donors (Lipinski definition) is 1. The smallest absolute Gasteiger partial charge is 0.266 e. The number of halogens is 3. The summed E-state index contributed by atoms with van der Waals surface area (Å²) in [7, 11) is 0. The van der Waals surface area contributed by atoms with Crippen molar-refractivity contribution in [1.29, 1.82) is 0 Å². The number of benzene rings is 1. The Morgan fingerprint density at radius 3 is 2.46 bits per heavy atom. The maximum atomic E-state index is 14.7. The Labute approximate surface area is 176 Å². The van der Waals surface area contributed by atoms with E-state index in [1.807, 2.05) is 0 Å². The summed E-state index contributed by atoms with van der Waals surface area (Å²) < 4.78 is 36.2. The van der Waals surface area contributed by atoms with Gasteiger partial charge in [0.25, 0.3) is 5.91 Å². The van der Waals surface area contributed by atoms with Crippen LogP contribution in [0, 0.1) is 5.82 Å². The minimum atomic E-state index is -1.63. The summed E-state index contributed by atoms with van der Waals surface area (Å²) in [5.74, 6) is -0.575. The van der Waals surface area contributed by atoms with Crippen molar-refractivity contribution in [3.63, 3.8) is 0 Å². The van der Waals surface area contributed by atoms with Crippen molar-refractivity contribution in [1.82, 2.24) is 9.03 Å². The number of carbonyl (C=O) groups is 1. The molecule has 0 bridgehead atoms. The molecule has 4 rings (SSSR count). The van der Waals surface area contributed by atoms with Gasteiger partial charge in [-0.25, -0.2) is 12.9 Å². The van der Waals surface area contributed by atoms with Crippen LogP contribution >= 0.6 is 23.2 Å². The molecule has 1 amide bonds. The molecule has 3 fully saturated rings. The first-order valence-corrected chi connectivity index (χ1v) is 11.5. The normalized spacial score (nSPS) is 23.7. The number of carbonyl (C=O) groups excluding carboxylic acids is 1. The minimum absolute atomic E-state index is 0.0684. The molecular weight excluding hydrogens is 426 g/mol. The molecule has 1 aliphatic heterocycles. The summed E-state index contributed by atoms with van der Waals surface area (Å²) in [4.78, 5) is 12.4. The quantitative estimate of drug-likeness (QED) is 0.662. The molecule has 28 heavy (non-hydrogen) atoms. The number of nitrogens with zero attached hydrogens (tertiary/aromatic N) is 1. The molecule has 2 saturated carbocycles. The molecule has 0 radical (unpaired) electrons. The Morgan fingerprint density at radius 1 is 1.21 bits per heavy atom. The van der Waals surface area contributed by atoms with Gasteiger partial charge in [-0.15, -0.1) is 23.2 Å². The number of ether oxygens (including phenoxy) is 1. The maximum absolute atomic E-state index is 14.7. The lowest BCUT2D eigenvalue weighted by molar-refractivity contribution is 0.0975. The highest BCUT2D eigenvalue weighted by molar-refractivity contribution is 7.81. The fraction of sp³-hybridized carbons (Fsp3) is 0.632. The summed E-state index contributed by atoms with van der Waals surface area (Å²) in [5, 5.41) is 0. The molecule has 9 heteroatoms. The van der Waals surface area contributed by atoms with Crippen LogP contribution in [0.15, 0.2) is 12.1 Å². The number of alkyl halides is 2. The van der Waals surface area contributed by atoms with Gasteiger partial charge in [0.05, 0.1) is 11.7 Å². The van der Waals surface area contributed by atoms with E-state index in [1.54, 1.807) is 10.4 Å². The lowest BCUT2D eigenvalue weighted by atomic mass is 9.96. The first-order chi connectivity index (χ1) is 13.3. The van der Waals surface area contributed by atoms with Crippen LogP contribution in [-0.2, 0) is 11.2 Å². The van der Waals surface area contributed by atoms with E-state index >= 15 is 0 Å². The molecule has 2 aliphatic carbocycles. The molecule has 1 aromatic carbocycles. The SMILES string of the molecule is O=C(NS(=O)N1CCC1)c1cc(C2CC2)c(OC2CCC(Cl)(Cl)CC2)cc1F. The highest BCUT2D eigenvalue weighted by atomic mass is 35.5. The fourth-order valence-corrected chi connectivity index (χ4v) is 4.95. The van der Waals surface area contributed by atoms with Crippen molar-refractivity contribution in [3.05, 3.63) is 29.1 Å². The van der Waals surface area contributed by atoms with E-state index < -0.39 is 27.2 Å². The van der Waals surface area contributed by atoms with E-state index in [2.05, 4.69) is 4.72 Å². The van der Waals surface area contributed by atoms with E-state index in [1.165, 1.54) is 6.07 Å². The van der Waals surface area contributed by atoms with Crippen molar-refractivity contribution >= 4 is 40.3 Å². The second-order valence-electron chi connectivity index (χ2n) is 7.78. The van der Waals surface area contributed by atoms with Gasteiger partial charge in [-0.1, -0.05) is 0 Å². The van der Waals surface area contributed by atoms with Crippen LogP contribution in [0.4, 0.5) is 4.39 Å². The Morgan fingerprint density at radius 2 is 1.89 bits per heavy atom. The summed E-state index contributed by atoms with van der Waals surface area (Å²) >= 11 is 10.7. The van der Waals surface area contributed by atoms with E-state index in [-0.39, 0.29) is 17.6 Å². The van der Waals surface area contributed by atoms with Gasteiger partial charge in [-0.05, 0) is 62.5 Å². The van der Waals surface area contributed by atoms with E-state index in [4.69, 9.17) is 27.9 Å². The zero-order valence-corrected chi connectivity index (χ0v) is 17.7. The van der Waals surface area contributed by atoms with Gasteiger partial charge in [-0.2, -0.15) is 0 Å². The van der Waals surface area contributed by atoms with Crippen LogP contribution in [0.2, 0.25) is 0 Å². The zero-order valence-electron chi connectivity index (χ0n) is 15.4. The Hall–Kier alpha value is -0.890. The topological polar surface area (TPSA) is 58.6 Å². The predicted molar refractivity (Wildman–Crippen MR) is 107 cm³/mol. The van der Waals surface area contributed by atoms with Gasteiger partial charge in [-0.3, -0.25) is 9.52 Å². The molecule has 0 aromatic heterocycles. The molecular formula is C19H23Cl2FN2O3S. The average Bonchev–Trinajstić information content (AvgIpc) is 3.40. The minimum Gasteiger partial charge on any atom is -0.490 e. The summed E-state index contributed by atoms with van der Waals surface area (Å²) in [6, 6.07) is 2.85. The molecule has 1 atom stereocenters. The maximum Gasteiger partial charge on any atom is 0.266 e. The van der Waals surface area contributed by atoms with Crippen molar-refractivity contribution in [3.8, 4) is 5.75 Å². The largest absolute Gasteiger partial charge is 0.490 e. The van der Waals surface area contributed by atoms with Gasteiger partial charge in [0.15, 0.2) is 11.2 Å². The molecule has 1 saturated heterocycles. The summed E-state index contributed by atoms with van der Waals surface area (Å²) in [5.41, 5.74) is 0.752. The number of rotatable bonds is 6.